The third-order valence-electron chi connectivity index (χ3n) is 3.68. The number of aromatic hydroxyl groups is 1. The number of hydrogen-bond donors (Lipinski definition) is 1. The molecule has 118 valence electrons. The van der Waals surface area contributed by atoms with Crippen molar-refractivity contribution in [2.24, 2.45) is 0 Å². The van der Waals surface area contributed by atoms with E-state index in [0.717, 1.165) is 4.90 Å². The van der Waals surface area contributed by atoms with Crippen molar-refractivity contribution in [3.8, 4) is 5.75 Å². The van der Waals surface area contributed by atoms with Crippen LogP contribution in [-0.4, -0.2) is 29.0 Å². The average Bonchev–Trinajstić information content (AvgIpc) is 2.72. The van der Waals surface area contributed by atoms with Gasteiger partial charge in [-0.3, -0.25) is 4.79 Å². The standard InChI is InChI=1S/C16H12Cl2N2O3/c1-19-14(9-3-2-4-11(21)7-9)15(22)20(16(19)23)10-5-6-12(17)13(18)8-10/h2-8,14,21H,1H3. The van der Waals surface area contributed by atoms with Crippen LogP contribution >= 0.6 is 23.2 Å². The molecule has 0 aliphatic carbocycles. The number of phenolic OH excluding ortho intramolecular Hbond substituents is 1. The van der Waals surface area contributed by atoms with Crippen molar-refractivity contribution in [3.63, 3.8) is 0 Å². The lowest BCUT2D eigenvalue weighted by Gasteiger charge is -2.16. The van der Waals surface area contributed by atoms with Crippen LogP contribution in [0.1, 0.15) is 11.6 Å². The number of likely N-dealkylation sites (N-methyl/N-ethyl adjacent to an activating group) is 1. The minimum atomic E-state index is -0.802. The van der Waals surface area contributed by atoms with Crippen molar-refractivity contribution in [1.29, 1.82) is 0 Å². The van der Waals surface area contributed by atoms with Gasteiger partial charge >= 0.3 is 6.03 Å². The van der Waals surface area contributed by atoms with Gasteiger partial charge in [0.15, 0.2) is 0 Å². The fourth-order valence-electron chi connectivity index (χ4n) is 2.57. The molecule has 3 amide bonds. The summed E-state index contributed by atoms with van der Waals surface area (Å²) < 4.78 is 0. The molecule has 0 radical (unpaired) electrons. The molecule has 7 heteroatoms. The van der Waals surface area contributed by atoms with Gasteiger partial charge in [-0.25, -0.2) is 9.69 Å². The SMILES string of the molecule is CN1C(=O)N(c2ccc(Cl)c(Cl)c2)C(=O)C1c1cccc(O)c1. The van der Waals surface area contributed by atoms with E-state index >= 15 is 0 Å². The number of halogens is 2. The van der Waals surface area contributed by atoms with Gasteiger partial charge in [0, 0.05) is 7.05 Å². The Morgan fingerprint density at radius 3 is 2.43 bits per heavy atom. The highest BCUT2D eigenvalue weighted by Crippen LogP contribution is 2.36. The van der Waals surface area contributed by atoms with Gasteiger partial charge in [0.25, 0.3) is 5.91 Å². The minimum Gasteiger partial charge on any atom is -0.508 e. The highest BCUT2D eigenvalue weighted by molar-refractivity contribution is 6.42. The third-order valence-corrected chi connectivity index (χ3v) is 4.42. The summed E-state index contributed by atoms with van der Waals surface area (Å²) in [6.45, 7) is 0. The molecule has 0 aromatic heterocycles. The number of hydrogen-bond acceptors (Lipinski definition) is 3. The molecule has 1 atom stereocenters. The second-order valence-corrected chi connectivity index (χ2v) is 5.98. The van der Waals surface area contributed by atoms with E-state index < -0.39 is 18.0 Å². The topological polar surface area (TPSA) is 60.9 Å². The normalized spacial score (nSPS) is 18.0. The van der Waals surface area contributed by atoms with Gasteiger partial charge < -0.3 is 10.0 Å². The average molecular weight is 351 g/mol. The number of carbonyl (C=O) groups excluding carboxylic acids is 2. The molecule has 0 saturated carbocycles. The van der Waals surface area contributed by atoms with Gasteiger partial charge in [0.1, 0.15) is 11.8 Å². The molecule has 5 nitrogen and oxygen atoms in total. The molecule has 1 N–H and O–H groups in total. The van der Waals surface area contributed by atoms with Crippen LogP contribution < -0.4 is 4.90 Å². The second-order valence-electron chi connectivity index (χ2n) is 5.16. The Kier molecular flexibility index (Phi) is 3.92. The summed E-state index contributed by atoms with van der Waals surface area (Å²) in [5, 5.41) is 10.2. The highest BCUT2D eigenvalue weighted by Gasteiger charge is 2.44. The lowest BCUT2D eigenvalue weighted by Crippen LogP contribution is -2.31. The molecule has 23 heavy (non-hydrogen) atoms. The Hall–Kier alpha value is -2.24. The fraction of sp³-hybridized carbons (Fsp3) is 0.125. The van der Waals surface area contributed by atoms with Gasteiger partial charge in [-0.15, -0.1) is 0 Å². The minimum absolute atomic E-state index is 0.0316. The number of carbonyl (C=O) groups is 2. The number of nitrogens with zero attached hydrogens (tertiary/aromatic N) is 2. The van der Waals surface area contributed by atoms with Crippen molar-refractivity contribution >= 4 is 40.8 Å². The maximum atomic E-state index is 12.7. The van der Waals surface area contributed by atoms with E-state index in [9.17, 15) is 14.7 Å². The highest BCUT2D eigenvalue weighted by atomic mass is 35.5. The number of urea groups is 1. The maximum absolute atomic E-state index is 12.7. The van der Waals surface area contributed by atoms with E-state index in [1.807, 2.05) is 0 Å². The molecule has 1 heterocycles. The van der Waals surface area contributed by atoms with Crippen molar-refractivity contribution in [2.75, 3.05) is 11.9 Å². The van der Waals surface area contributed by atoms with E-state index in [0.29, 0.717) is 16.3 Å². The number of anilines is 1. The van der Waals surface area contributed by atoms with Crippen molar-refractivity contribution < 1.29 is 14.7 Å². The summed E-state index contributed by atoms with van der Waals surface area (Å²) in [5.74, 6) is -0.384. The second kappa shape index (κ2) is 5.76. The summed E-state index contributed by atoms with van der Waals surface area (Å²) in [6, 6.07) is 9.56. The summed E-state index contributed by atoms with van der Waals surface area (Å²) in [4.78, 5) is 27.6. The van der Waals surface area contributed by atoms with Gasteiger partial charge in [-0.05, 0) is 35.9 Å². The zero-order chi connectivity index (χ0) is 16.7. The molecule has 2 aromatic rings. The zero-order valence-corrected chi connectivity index (χ0v) is 13.5. The number of phenols is 1. The van der Waals surface area contributed by atoms with E-state index in [4.69, 9.17) is 23.2 Å². The van der Waals surface area contributed by atoms with Crippen LogP contribution in [0.25, 0.3) is 0 Å². The van der Waals surface area contributed by atoms with Crippen LogP contribution in [0.5, 0.6) is 5.75 Å². The van der Waals surface area contributed by atoms with Gasteiger partial charge in [-0.2, -0.15) is 0 Å². The molecule has 1 unspecified atom stereocenters. The Morgan fingerprint density at radius 1 is 1.04 bits per heavy atom. The molecular weight excluding hydrogens is 339 g/mol. The van der Waals surface area contributed by atoms with Crippen molar-refractivity contribution in [1.82, 2.24) is 4.90 Å². The summed E-state index contributed by atoms with van der Waals surface area (Å²) >= 11 is 11.8. The summed E-state index contributed by atoms with van der Waals surface area (Å²) in [6.07, 6.45) is 0. The molecule has 1 saturated heterocycles. The number of imide groups is 1. The van der Waals surface area contributed by atoms with Gasteiger partial charge in [0.05, 0.1) is 15.7 Å². The first-order valence-electron chi connectivity index (χ1n) is 6.75. The Labute approximate surface area is 142 Å². The quantitative estimate of drug-likeness (QED) is 0.837. The van der Waals surface area contributed by atoms with Crippen LogP contribution in [-0.2, 0) is 4.79 Å². The number of amides is 3. The van der Waals surface area contributed by atoms with Crippen LogP contribution in [0.4, 0.5) is 10.5 Å². The van der Waals surface area contributed by atoms with Crippen LogP contribution in [0.15, 0.2) is 42.5 Å². The fourth-order valence-corrected chi connectivity index (χ4v) is 2.87. The van der Waals surface area contributed by atoms with Crippen molar-refractivity contribution in [2.45, 2.75) is 6.04 Å². The number of rotatable bonds is 2. The van der Waals surface area contributed by atoms with E-state index in [-0.39, 0.29) is 10.8 Å². The van der Waals surface area contributed by atoms with Gasteiger partial charge in [0.2, 0.25) is 0 Å². The third kappa shape index (κ3) is 2.62. The van der Waals surface area contributed by atoms with Crippen molar-refractivity contribution in [3.05, 3.63) is 58.1 Å². The largest absolute Gasteiger partial charge is 0.508 e. The maximum Gasteiger partial charge on any atom is 0.332 e. The first kappa shape index (κ1) is 15.6. The lowest BCUT2D eigenvalue weighted by molar-refractivity contribution is -0.119. The smallest absolute Gasteiger partial charge is 0.332 e. The molecule has 1 fully saturated rings. The summed E-state index contributed by atoms with van der Waals surface area (Å²) in [7, 11) is 1.53. The van der Waals surface area contributed by atoms with Gasteiger partial charge in [-0.1, -0.05) is 35.3 Å². The predicted molar refractivity (Wildman–Crippen MR) is 88.0 cm³/mol. The molecule has 1 aliphatic heterocycles. The Balaban J connectivity index is 2.02. The van der Waals surface area contributed by atoms with E-state index in [1.165, 1.54) is 36.2 Å². The first-order valence-corrected chi connectivity index (χ1v) is 7.50. The molecule has 0 spiro atoms. The zero-order valence-electron chi connectivity index (χ0n) is 12.0. The molecule has 1 aliphatic rings. The van der Waals surface area contributed by atoms with Crippen LogP contribution in [0.3, 0.4) is 0 Å². The van der Waals surface area contributed by atoms with Crippen LogP contribution in [0.2, 0.25) is 10.0 Å². The monoisotopic (exact) mass is 350 g/mol. The number of benzene rings is 2. The first-order chi connectivity index (χ1) is 10.9. The molecule has 2 aromatic carbocycles. The molecular formula is C16H12Cl2N2O3. The summed E-state index contributed by atoms with van der Waals surface area (Å²) in [5.41, 5.74) is 0.886. The predicted octanol–water partition coefficient (Wildman–Crippen LogP) is 3.84. The Morgan fingerprint density at radius 2 is 1.78 bits per heavy atom. The lowest BCUT2D eigenvalue weighted by atomic mass is 10.1. The molecule has 3 rings (SSSR count). The van der Waals surface area contributed by atoms with E-state index in [2.05, 4.69) is 0 Å². The molecule has 0 bridgehead atoms. The van der Waals surface area contributed by atoms with Crippen LogP contribution in [0, 0.1) is 0 Å². The Bertz CT molecular complexity index is 810. The van der Waals surface area contributed by atoms with E-state index in [1.54, 1.807) is 18.2 Å².